The molecule has 0 aliphatic heterocycles. The van der Waals surface area contributed by atoms with Crippen molar-refractivity contribution in [2.24, 2.45) is 0 Å². The summed E-state index contributed by atoms with van der Waals surface area (Å²) < 4.78 is 31.7. The number of nitrogens with zero attached hydrogens (tertiary/aromatic N) is 3. The first-order chi connectivity index (χ1) is 13.9. The van der Waals surface area contributed by atoms with E-state index in [4.69, 9.17) is 0 Å². The van der Waals surface area contributed by atoms with Crippen LogP contribution in [0.3, 0.4) is 0 Å². The largest absolute Gasteiger partial charge is 0.465 e. The summed E-state index contributed by atoms with van der Waals surface area (Å²) in [6.45, 7) is 0. The summed E-state index contributed by atoms with van der Waals surface area (Å²) in [5.74, 6) is -2.98. The van der Waals surface area contributed by atoms with Gasteiger partial charge < -0.3 is 15.4 Å². The molecule has 11 heteroatoms. The Morgan fingerprint density at radius 2 is 1.72 bits per heavy atom. The molecule has 9 nitrogen and oxygen atoms in total. The summed E-state index contributed by atoms with van der Waals surface area (Å²) in [5, 5.41) is 16.8. The monoisotopic (exact) mass is 401 g/mol. The summed E-state index contributed by atoms with van der Waals surface area (Å²) >= 11 is 0. The number of hydrogen-bond donors (Lipinski definition) is 2. The van der Waals surface area contributed by atoms with Crippen LogP contribution in [-0.4, -0.2) is 28.0 Å². The van der Waals surface area contributed by atoms with Crippen molar-refractivity contribution in [3.8, 4) is 0 Å². The molecular weight excluding hydrogens is 388 g/mol. The molecule has 0 atom stereocenters. The molecule has 0 saturated carbocycles. The van der Waals surface area contributed by atoms with E-state index >= 15 is 0 Å². The van der Waals surface area contributed by atoms with Crippen molar-refractivity contribution >= 4 is 34.7 Å². The standard InChI is InChI=1S/C18H13F2N5O4/c1-29-18(26)11-4-2-3-5-13(11)23-16-15(25(27)28)17(22-9-21-16)24-14-7-6-10(19)8-12(14)20/h2-9H,1H3,(H2,21,22,23,24). The van der Waals surface area contributed by atoms with Crippen molar-refractivity contribution in [2.45, 2.75) is 0 Å². The molecule has 0 aliphatic carbocycles. The number of aromatic nitrogens is 2. The molecule has 2 N–H and O–H groups in total. The van der Waals surface area contributed by atoms with Gasteiger partial charge in [0.1, 0.15) is 18.0 Å². The SMILES string of the molecule is COC(=O)c1ccccc1Nc1ncnc(Nc2ccc(F)cc2F)c1[N+](=O)[O-]. The summed E-state index contributed by atoms with van der Waals surface area (Å²) in [5.41, 5.74) is -0.480. The Morgan fingerprint density at radius 3 is 2.34 bits per heavy atom. The van der Waals surface area contributed by atoms with Gasteiger partial charge in [0.05, 0.1) is 29.0 Å². The predicted octanol–water partition coefficient (Wildman–Crippen LogP) is 3.94. The number of ether oxygens (including phenoxy) is 1. The van der Waals surface area contributed by atoms with Gasteiger partial charge in [0.2, 0.25) is 11.6 Å². The average molecular weight is 401 g/mol. The van der Waals surface area contributed by atoms with Crippen LogP contribution in [0.1, 0.15) is 10.4 Å². The molecule has 1 aromatic heterocycles. The highest BCUT2D eigenvalue weighted by atomic mass is 19.1. The van der Waals surface area contributed by atoms with E-state index in [0.29, 0.717) is 6.07 Å². The number of esters is 1. The number of rotatable bonds is 6. The fourth-order valence-electron chi connectivity index (χ4n) is 2.46. The predicted molar refractivity (Wildman–Crippen MR) is 99.4 cm³/mol. The summed E-state index contributed by atoms with van der Waals surface area (Å²) in [4.78, 5) is 30.4. The maximum Gasteiger partial charge on any atom is 0.353 e. The molecule has 2 aromatic carbocycles. The first kappa shape index (κ1) is 19.6. The minimum absolute atomic E-state index is 0.127. The number of carbonyl (C=O) groups excluding carboxylic acids is 1. The van der Waals surface area contributed by atoms with Crippen LogP contribution in [0, 0.1) is 21.7 Å². The second kappa shape index (κ2) is 8.25. The molecule has 0 fully saturated rings. The lowest BCUT2D eigenvalue weighted by Crippen LogP contribution is -2.09. The van der Waals surface area contributed by atoms with Crippen LogP contribution >= 0.6 is 0 Å². The number of benzene rings is 2. The van der Waals surface area contributed by atoms with Gasteiger partial charge in [0, 0.05) is 6.07 Å². The van der Waals surface area contributed by atoms with Crippen molar-refractivity contribution in [1.29, 1.82) is 0 Å². The summed E-state index contributed by atoms with van der Waals surface area (Å²) in [6.07, 6.45) is 1.01. The van der Waals surface area contributed by atoms with Gasteiger partial charge >= 0.3 is 11.7 Å². The van der Waals surface area contributed by atoms with Gasteiger partial charge in [-0.15, -0.1) is 0 Å². The maximum absolute atomic E-state index is 13.9. The summed E-state index contributed by atoms with van der Waals surface area (Å²) in [7, 11) is 1.20. The highest BCUT2D eigenvalue weighted by molar-refractivity contribution is 5.96. The fraction of sp³-hybridized carbons (Fsp3) is 0.0556. The van der Waals surface area contributed by atoms with E-state index < -0.39 is 28.2 Å². The molecule has 29 heavy (non-hydrogen) atoms. The lowest BCUT2D eigenvalue weighted by molar-refractivity contribution is -0.383. The molecule has 0 spiro atoms. The van der Waals surface area contributed by atoms with Crippen molar-refractivity contribution in [3.05, 3.63) is 76.1 Å². The van der Waals surface area contributed by atoms with Gasteiger partial charge in [0.15, 0.2) is 0 Å². The van der Waals surface area contributed by atoms with E-state index in [0.717, 1.165) is 18.5 Å². The topological polar surface area (TPSA) is 119 Å². The number of carbonyl (C=O) groups is 1. The van der Waals surface area contributed by atoms with Gasteiger partial charge in [-0.3, -0.25) is 10.1 Å². The smallest absolute Gasteiger partial charge is 0.353 e. The zero-order valence-corrected chi connectivity index (χ0v) is 14.8. The number of para-hydroxylation sites is 1. The lowest BCUT2D eigenvalue weighted by atomic mass is 10.2. The zero-order chi connectivity index (χ0) is 21.0. The first-order valence-electron chi connectivity index (χ1n) is 8.06. The molecule has 0 bridgehead atoms. The van der Waals surface area contributed by atoms with Crippen molar-refractivity contribution in [1.82, 2.24) is 9.97 Å². The molecule has 1 heterocycles. The number of nitrogens with one attached hydrogen (secondary N) is 2. The van der Waals surface area contributed by atoms with E-state index in [9.17, 15) is 23.7 Å². The molecule has 0 radical (unpaired) electrons. The Morgan fingerprint density at radius 1 is 1.07 bits per heavy atom. The molecule has 0 unspecified atom stereocenters. The molecule has 148 valence electrons. The van der Waals surface area contributed by atoms with Gasteiger partial charge in [-0.2, -0.15) is 0 Å². The number of methoxy groups -OCH3 is 1. The fourth-order valence-corrected chi connectivity index (χ4v) is 2.46. The van der Waals surface area contributed by atoms with Crippen LogP contribution in [0.5, 0.6) is 0 Å². The van der Waals surface area contributed by atoms with Gasteiger partial charge in [-0.1, -0.05) is 12.1 Å². The first-order valence-corrected chi connectivity index (χ1v) is 8.06. The Hall–Kier alpha value is -4.15. The minimum Gasteiger partial charge on any atom is -0.465 e. The maximum atomic E-state index is 13.9. The second-order valence-electron chi connectivity index (χ2n) is 5.59. The van der Waals surface area contributed by atoms with Crippen LogP contribution in [0.4, 0.5) is 37.5 Å². The van der Waals surface area contributed by atoms with Gasteiger partial charge in [0.25, 0.3) is 0 Å². The number of halogens is 2. The Kier molecular flexibility index (Phi) is 5.58. The third kappa shape index (κ3) is 4.24. The minimum atomic E-state index is -0.955. The third-order valence-electron chi connectivity index (χ3n) is 3.77. The lowest BCUT2D eigenvalue weighted by Gasteiger charge is -2.12. The molecule has 3 aromatic rings. The number of nitro groups is 1. The van der Waals surface area contributed by atoms with Crippen molar-refractivity contribution in [2.75, 3.05) is 17.7 Å². The van der Waals surface area contributed by atoms with Gasteiger partial charge in [-0.05, 0) is 24.3 Å². The number of hydrogen-bond acceptors (Lipinski definition) is 8. The Bertz CT molecular complexity index is 1090. The van der Waals surface area contributed by atoms with E-state index in [2.05, 4.69) is 25.3 Å². The normalized spacial score (nSPS) is 10.3. The quantitative estimate of drug-likeness (QED) is 0.362. The van der Waals surface area contributed by atoms with Crippen LogP contribution in [0.2, 0.25) is 0 Å². The van der Waals surface area contributed by atoms with E-state index in [-0.39, 0.29) is 28.6 Å². The molecule has 3 rings (SSSR count). The zero-order valence-electron chi connectivity index (χ0n) is 14.8. The molecule has 0 amide bonds. The van der Waals surface area contributed by atoms with Crippen LogP contribution in [0.25, 0.3) is 0 Å². The van der Waals surface area contributed by atoms with Crippen LogP contribution in [0.15, 0.2) is 48.8 Å². The van der Waals surface area contributed by atoms with Crippen molar-refractivity contribution in [3.63, 3.8) is 0 Å². The van der Waals surface area contributed by atoms with E-state index in [1.807, 2.05) is 0 Å². The number of anilines is 4. The molecule has 0 saturated heterocycles. The van der Waals surface area contributed by atoms with Gasteiger partial charge in [-0.25, -0.2) is 23.5 Å². The van der Waals surface area contributed by atoms with Crippen molar-refractivity contribution < 1.29 is 23.2 Å². The summed E-state index contributed by atoms with van der Waals surface area (Å²) in [6, 6.07) is 8.87. The average Bonchev–Trinajstić information content (AvgIpc) is 2.70. The highest BCUT2D eigenvalue weighted by Crippen LogP contribution is 2.34. The molecule has 0 aliphatic rings. The van der Waals surface area contributed by atoms with Crippen LogP contribution in [-0.2, 0) is 4.74 Å². The second-order valence-corrected chi connectivity index (χ2v) is 5.59. The highest BCUT2D eigenvalue weighted by Gasteiger charge is 2.25. The van der Waals surface area contributed by atoms with Crippen LogP contribution < -0.4 is 10.6 Å². The van der Waals surface area contributed by atoms with E-state index in [1.54, 1.807) is 12.1 Å². The Labute approximate surface area is 162 Å². The Balaban J connectivity index is 2.02. The molecular formula is C18H13F2N5O4. The van der Waals surface area contributed by atoms with E-state index in [1.165, 1.54) is 19.2 Å². The third-order valence-corrected chi connectivity index (χ3v) is 3.77.